The Kier molecular flexibility index (Phi) is 7.82. The minimum Gasteiger partial charge on any atom is -0.310 e. The number of para-hydroxylation sites is 2. The lowest BCUT2D eigenvalue weighted by atomic mass is 9.96. The molecular formula is C54H35N3. The van der Waals surface area contributed by atoms with Crippen LogP contribution in [-0.4, -0.2) is 9.97 Å². The number of pyridine rings is 2. The van der Waals surface area contributed by atoms with Crippen molar-refractivity contribution in [3.63, 3.8) is 0 Å². The van der Waals surface area contributed by atoms with Crippen molar-refractivity contribution in [2.24, 2.45) is 0 Å². The molecule has 0 fully saturated rings. The van der Waals surface area contributed by atoms with E-state index in [9.17, 15) is 0 Å². The van der Waals surface area contributed by atoms with Crippen molar-refractivity contribution < 1.29 is 0 Å². The number of anilines is 3. The van der Waals surface area contributed by atoms with E-state index in [1.54, 1.807) is 0 Å². The van der Waals surface area contributed by atoms with Crippen LogP contribution in [0.3, 0.4) is 0 Å². The molecule has 0 N–H and O–H groups in total. The highest BCUT2D eigenvalue weighted by Gasteiger charge is 2.16. The second kappa shape index (κ2) is 13.6. The Morgan fingerprint density at radius 1 is 0.281 bits per heavy atom. The molecule has 0 saturated carbocycles. The fourth-order valence-electron chi connectivity index (χ4n) is 8.45. The van der Waals surface area contributed by atoms with Crippen LogP contribution in [0.4, 0.5) is 17.1 Å². The highest BCUT2D eigenvalue weighted by molar-refractivity contribution is 6.10. The van der Waals surface area contributed by atoms with Crippen LogP contribution in [0.15, 0.2) is 213 Å². The van der Waals surface area contributed by atoms with Crippen molar-refractivity contribution in [3.05, 3.63) is 213 Å². The molecule has 11 rings (SSSR count). The molecule has 3 heteroatoms. The summed E-state index contributed by atoms with van der Waals surface area (Å²) in [5.74, 6) is 0. The summed E-state index contributed by atoms with van der Waals surface area (Å²) in [6, 6.07) is 72.2. The maximum atomic E-state index is 4.73. The lowest BCUT2D eigenvalue weighted by molar-refractivity contribution is 1.29. The van der Waals surface area contributed by atoms with Crippen molar-refractivity contribution in [2.75, 3.05) is 4.90 Å². The average molecular weight is 726 g/mol. The van der Waals surface area contributed by atoms with Gasteiger partial charge in [0, 0.05) is 51.4 Å². The van der Waals surface area contributed by atoms with E-state index < -0.39 is 0 Å². The third kappa shape index (κ3) is 5.85. The van der Waals surface area contributed by atoms with Gasteiger partial charge in [-0.1, -0.05) is 140 Å². The minimum absolute atomic E-state index is 1.01. The molecule has 57 heavy (non-hydrogen) atoms. The van der Waals surface area contributed by atoms with Gasteiger partial charge >= 0.3 is 0 Å². The number of hydrogen-bond donors (Lipinski definition) is 0. The van der Waals surface area contributed by atoms with Gasteiger partial charge in [-0.3, -0.25) is 9.97 Å². The molecule has 0 aliphatic heterocycles. The van der Waals surface area contributed by atoms with Crippen LogP contribution in [-0.2, 0) is 0 Å². The zero-order valence-electron chi connectivity index (χ0n) is 31.0. The van der Waals surface area contributed by atoms with Crippen LogP contribution in [0.25, 0.3) is 87.5 Å². The molecule has 0 saturated heterocycles. The fraction of sp³-hybridized carbons (Fsp3) is 0. The molecule has 0 bridgehead atoms. The number of nitrogens with zero attached hydrogens (tertiary/aromatic N) is 3. The summed E-state index contributed by atoms with van der Waals surface area (Å²) in [4.78, 5) is 11.8. The largest absolute Gasteiger partial charge is 0.310 e. The molecule has 2 aromatic heterocycles. The summed E-state index contributed by atoms with van der Waals surface area (Å²) in [5, 5.41) is 9.69. The number of rotatable bonds is 6. The van der Waals surface area contributed by atoms with Gasteiger partial charge in [0.15, 0.2) is 0 Å². The van der Waals surface area contributed by atoms with Crippen LogP contribution in [0.5, 0.6) is 0 Å². The van der Waals surface area contributed by atoms with Gasteiger partial charge in [-0.2, -0.15) is 0 Å². The average Bonchev–Trinajstić information content (AvgIpc) is 3.29. The Morgan fingerprint density at radius 2 is 0.719 bits per heavy atom. The van der Waals surface area contributed by atoms with Crippen LogP contribution in [0.2, 0.25) is 0 Å². The first kappa shape index (κ1) is 32.8. The van der Waals surface area contributed by atoms with Gasteiger partial charge in [0.05, 0.1) is 11.0 Å². The zero-order valence-corrected chi connectivity index (χ0v) is 31.0. The van der Waals surface area contributed by atoms with Crippen molar-refractivity contribution in [1.29, 1.82) is 0 Å². The van der Waals surface area contributed by atoms with E-state index in [-0.39, 0.29) is 0 Å². The molecule has 0 unspecified atom stereocenters. The minimum atomic E-state index is 1.01. The van der Waals surface area contributed by atoms with Crippen molar-refractivity contribution in [2.45, 2.75) is 0 Å². The summed E-state index contributed by atoms with van der Waals surface area (Å²) in [5.41, 5.74) is 12.2. The molecule has 0 radical (unpaired) electrons. The summed E-state index contributed by atoms with van der Waals surface area (Å²) in [6.07, 6.45) is 3.74. The summed E-state index contributed by atoms with van der Waals surface area (Å²) >= 11 is 0. The number of fused-ring (bicyclic) bond motifs is 6. The lowest BCUT2D eigenvalue weighted by Gasteiger charge is -2.26. The van der Waals surface area contributed by atoms with E-state index in [0.717, 1.165) is 61.1 Å². The van der Waals surface area contributed by atoms with E-state index in [4.69, 9.17) is 9.97 Å². The van der Waals surface area contributed by atoms with Crippen molar-refractivity contribution in [3.8, 4) is 33.4 Å². The Labute approximate surface area is 330 Å². The Morgan fingerprint density at radius 3 is 1.33 bits per heavy atom. The second-order valence-corrected chi connectivity index (χ2v) is 14.7. The third-order valence-electron chi connectivity index (χ3n) is 11.3. The lowest BCUT2D eigenvalue weighted by Crippen LogP contribution is -2.10. The topological polar surface area (TPSA) is 29.0 Å². The standard InChI is InChI=1S/C54H35N3/c1-2-8-41-33-42(16-15-36(41)7-1)43-23-29-49-44(34-43)17-18-45-35-48(28-30-50(45)49)57(46-24-19-37(20-25-46)51-13-3-9-39-11-5-31-55-53(39)51)47-26-21-38(22-27-47)52-14-4-10-40-12-6-32-56-54(40)52/h1-35H. The van der Waals surface area contributed by atoms with Gasteiger partial charge in [-0.25, -0.2) is 0 Å². The van der Waals surface area contributed by atoms with Crippen LogP contribution >= 0.6 is 0 Å². The van der Waals surface area contributed by atoms with Gasteiger partial charge in [0.25, 0.3) is 0 Å². The molecular weight excluding hydrogens is 691 g/mol. The van der Waals surface area contributed by atoms with E-state index in [1.165, 1.54) is 43.4 Å². The number of hydrogen-bond acceptors (Lipinski definition) is 3. The summed E-state index contributed by atoms with van der Waals surface area (Å²) < 4.78 is 0. The molecule has 0 aliphatic carbocycles. The van der Waals surface area contributed by atoms with Crippen molar-refractivity contribution in [1.82, 2.24) is 9.97 Å². The Balaban J connectivity index is 1.00. The molecule has 0 aliphatic rings. The van der Waals surface area contributed by atoms with Gasteiger partial charge in [-0.15, -0.1) is 0 Å². The van der Waals surface area contributed by atoms with Gasteiger partial charge in [-0.05, 0) is 115 Å². The van der Waals surface area contributed by atoms with E-state index in [0.29, 0.717) is 0 Å². The Hall–Kier alpha value is -7.62. The molecule has 266 valence electrons. The van der Waals surface area contributed by atoms with E-state index in [1.807, 2.05) is 24.5 Å². The zero-order chi connectivity index (χ0) is 37.7. The van der Waals surface area contributed by atoms with Crippen LogP contribution < -0.4 is 4.90 Å². The molecule has 0 spiro atoms. The second-order valence-electron chi connectivity index (χ2n) is 14.7. The SMILES string of the molecule is c1ccc2cc(-c3ccc4c(ccc5cc(N(c6ccc(-c7cccc8cccnc78)cc6)c6ccc(-c7cccc8cccnc78)cc6)ccc54)c3)ccc2c1. The first-order valence-corrected chi connectivity index (χ1v) is 19.4. The number of benzene rings is 9. The van der Waals surface area contributed by atoms with E-state index >= 15 is 0 Å². The van der Waals surface area contributed by atoms with Crippen LogP contribution in [0.1, 0.15) is 0 Å². The number of aromatic nitrogens is 2. The molecule has 2 heterocycles. The maximum absolute atomic E-state index is 4.73. The predicted octanol–water partition coefficient (Wildman–Crippen LogP) is 14.7. The monoisotopic (exact) mass is 725 g/mol. The first-order chi connectivity index (χ1) is 28.2. The summed E-state index contributed by atoms with van der Waals surface area (Å²) in [7, 11) is 0. The highest BCUT2D eigenvalue weighted by Crippen LogP contribution is 2.40. The Bertz CT molecular complexity index is 3160. The highest BCUT2D eigenvalue weighted by atomic mass is 15.1. The predicted molar refractivity (Wildman–Crippen MR) is 241 cm³/mol. The van der Waals surface area contributed by atoms with Crippen LogP contribution in [0, 0.1) is 0 Å². The maximum Gasteiger partial charge on any atom is 0.0780 e. The molecule has 3 nitrogen and oxygen atoms in total. The molecule has 9 aromatic carbocycles. The van der Waals surface area contributed by atoms with Gasteiger partial charge in [0.2, 0.25) is 0 Å². The smallest absolute Gasteiger partial charge is 0.0780 e. The fourth-order valence-corrected chi connectivity index (χ4v) is 8.45. The quantitative estimate of drug-likeness (QED) is 0.160. The molecule has 0 amide bonds. The van der Waals surface area contributed by atoms with Gasteiger partial charge < -0.3 is 4.90 Å². The van der Waals surface area contributed by atoms with Crippen molar-refractivity contribution >= 4 is 71.2 Å². The van der Waals surface area contributed by atoms with Gasteiger partial charge in [0.1, 0.15) is 0 Å². The van der Waals surface area contributed by atoms with E-state index in [2.05, 4.69) is 193 Å². The third-order valence-corrected chi connectivity index (χ3v) is 11.3. The first-order valence-electron chi connectivity index (χ1n) is 19.4. The molecule has 0 atom stereocenters. The molecule has 11 aromatic rings. The summed E-state index contributed by atoms with van der Waals surface area (Å²) in [6.45, 7) is 0. The normalized spacial score (nSPS) is 11.5.